The third-order valence-electron chi connectivity index (χ3n) is 7.53. The Kier molecular flexibility index (Phi) is 5.35. The molecule has 4 atom stereocenters. The second-order valence-corrected chi connectivity index (χ2v) is 9.49. The topological polar surface area (TPSA) is 58.4 Å². The molecule has 2 bridgehead atoms. The van der Waals surface area contributed by atoms with Crippen molar-refractivity contribution in [3.63, 3.8) is 0 Å². The van der Waals surface area contributed by atoms with Crippen LogP contribution < -0.4 is 5.56 Å². The van der Waals surface area contributed by atoms with Crippen LogP contribution in [0.3, 0.4) is 0 Å². The summed E-state index contributed by atoms with van der Waals surface area (Å²) in [5.74, 6) is 1.19. The van der Waals surface area contributed by atoms with Gasteiger partial charge in [-0.15, -0.1) is 0 Å². The van der Waals surface area contributed by atoms with Crippen molar-refractivity contribution in [3.05, 3.63) is 40.9 Å². The zero-order valence-electron chi connectivity index (χ0n) is 17.9. The summed E-state index contributed by atoms with van der Waals surface area (Å²) in [6.45, 7) is 5.17. The normalized spacial score (nSPS) is 29.0. The summed E-state index contributed by atoms with van der Waals surface area (Å²) in [7, 11) is 0. The summed E-state index contributed by atoms with van der Waals surface area (Å²) < 4.78 is 1.47. The van der Waals surface area contributed by atoms with E-state index in [0.29, 0.717) is 28.8 Å². The maximum Gasteiger partial charge on any atom is 0.261 e. The number of nitrogens with zero attached hydrogens (tertiary/aromatic N) is 4. The van der Waals surface area contributed by atoms with Gasteiger partial charge in [-0.2, -0.15) is 0 Å². The van der Waals surface area contributed by atoms with Gasteiger partial charge in [-0.05, 0) is 49.7 Å². The molecule has 30 heavy (non-hydrogen) atoms. The van der Waals surface area contributed by atoms with Crippen LogP contribution in [0.2, 0.25) is 0 Å². The molecule has 2 aromatic rings. The van der Waals surface area contributed by atoms with Crippen molar-refractivity contribution in [2.45, 2.75) is 64.1 Å². The number of hydrogen-bond acceptors (Lipinski definition) is 4. The number of likely N-dealkylation sites (tertiary alicyclic amines) is 1. The van der Waals surface area contributed by atoms with Gasteiger partial charge in [-0.1, -0.05) is 31.9 Å². The lowest BCUT2D eigenvalue weighted by molar-refractivity contribution is -0.139. The number of amides is 1. The van der Waals surface area contributed by atoms with Crippen LogP contribution in [-0.2, 0) is 11.3 Å². The molecule has 0 spiro atoms. The van der Waals surface area contributed by atoms with E-state index in [1.165, 1.54) is 49.4 Å². The molecule has 1 aromatic heterocycles. The first-order valence-electron chi connectivity index (χ1n) is 11.6. The number of aromatic nitrogens is 2. The Balaban J connectivity index is 1.31. The summed E-state index contributed by atoms with van der Waals surface area (Å²) in [5, 5.41) is 0.572. The van der Waals surface area contributed by atoms with E-state index >= 15 is 0 Å². The van der Waals surface area contributed by atoms with E-state index in [4.69, 9.17) is 0 Å². The molecule has 3 saturated heterocycles. The predicted molar refractivity (Wildman–Crippen MR) is 117 cm³/mol. The first-order valence-corrected chi connectivity index (χ1v) is 11.6. The minimum atomic E-state index is -0.132. The maximum atomic E-state index is 13.1. The highest BCUT2D eigenvalue weighted by atomic mass is 16.2. The van der Waals surface area contributed by atoms with Crippen molar-refractivity contribution in [1.82, 2.24) is 19.4 Å². The summed E-state index contributed by atoms with van der Waals surface area (Å²) >= 11 is 0. The van der Waals surface area contributed by atoms with Crippen LogP contribution in [0.4, 0.5) is 0 Å². The minimum absolute atomic E-state index is 0.0539. The fourth-order valence-corrected chi connectivity index (χ4v) is 6.22. The van der Waals surface area contributed by atoms with Crippen LogP contribution in [0.1, 0.15) is 45.4 Å². The van der Waals surface area contributed by atoms with Crippen molar-refractivity contribution in [2.24, 2.45) is 11.8 Å². The molecule has 0 unspecified atom stereocenters. The van der Waals surface area contributed by atoms with Gasteiger partial charge in [0.15, 0.2) is 0 Å². The Hall–Kier alpha value is -2.21. The molecule has 0 aliphatic carbocycles. The van der Waals surface area contributed by atoms with Crippen LogP contribution in [0.25, 0.3) is 10.9 Å². The second-order valence-electron chi connectivity index (χ2n) is 9.49. The lowest BCUT2D eigenvalue weighted by Crippen LogP contribution is -2.62. The van der Waals surface area contributed by atoms with Crippen LogP contribution in [0.5, 0.6) is 0 Å². The Morgan fingerprint density at radius 3 is 2.90 bits per heavy atom. The van der Waals surface area contributed by atoms with Gasteiger partial charge >= 0.3 is 0 Å². The molecular weight excluding hydrogens is 376 g/mol. The molecule has 0 saturated carbocycles. The molecule has 3 aliphatic rings. The van der Waals surface area contributed by atoms with Gasteiger partial charge in [0.2, 0.25) is 5.91 Å². The number of carbonyl (C=O) groups excluding carboxylic acids is 1. The molecule has 6 nitrogen and oxygen atoms in total. The Morgan fingerprint density at radius 2 is 2.03 bits per heavy atom. The molecule has 3 aliphatic heterocycles. The van der Waals surface area contributed by atoms with E-state index in [1.807, 2.05) is 23.1 Å². The first-order chi connectivity index (χ1) is 14.6. The number of hydrogen-bond donors (Lipinski definition) is 0. The van der Waals surface area contributed by atoms with Gasteiger partial charge in [0.25, 0.3) is 5.56 Å². The zero-order chi connectivity index (χ0) is 20.7. The molecule has 3 fully saturated rings. The third kappa shape index (κ3) is 3.55. The molecule has 1 amide bonds. The van der Waals surface area contributed by atoms with E-state index in [0.717, 1.165) is 25.7 Å². The first kappa shape index (κ1) is 19.7. The van der Waals surface area contributed by atoms with Crippen LogP contribution in [0.15, 0.2) is 35.4 Å². The van der Waals surface area contributed by atoms with Gasteiger partial charge in [0, 0.05) is 31.7 Å². The number of piperidine rings is 3. The summed E-state index contributed by atoms with van der Waals surface area (Å²) in [5.41, 5.74) is 0.546. The van der Waals surface area contributed by atoms with Gasteiger partial charge in [-0.3, -0.25) is 19.1 Å². The van der Waals surface area contributed by atoms with E-state index in [1.54, 1.807) is 6.07 Å². The molecular formula is C24H32N4O2. The second kappa shape index (κ2) is 8.14. The van der Waals surface area contributed by atoms with Gasteiger partial charge in [0.05, 0.1) is 17.2 Å². The lowest BCUT2D eigenvalue weighted by Gasteiger charge is -2.55. The largest absolute Gasteiger partial charge is 0.340 e. The third-order valence-corrected chi connectivity index (χ3v) is 7.53. The summed E-state index contributed by atoms with van der Waals surface area (Å²) in [6, 6.07) is 8.69. The highest BCUT2D eigenvalue weighted by Gasteiger charge is 2.45. The molecule has 5 rings (SSSR count). The Morgan fingerprint density at radius 1 is 1.17 bits per heavy atom. The number of carbonyl (C=O) groups is 1. The number of fused-ring (bicyclic) bond motifs is 5. The minimum Gasteiger partial charge on any atom is -0.340 e. The summed E-state index contributed by atoms with van der Waals surface area (Å²) in [6.07, 6.45) is 9.25. The van der Waals surface area contributed by atoms with Gasteiger partial charge in [0.1, 0.15) is 6.54 Å². The quantitative estimate of drug-likeness (QED) is 0.781. The van der Waals surface area contributed by atoms with Crippen LogP contribution in [-0.4, -0.2) is 57.0 Å². The van der Waals surface area contributed by atoms with E-state index < -0.39 is 0 Å². The van der Waals surface area contributed by atoms with Gasteiger partial charge in [-0.25, -0.2) is 4.98 Å². The van der Waals surface area contributed by atoms with E-state index in [2.05, 4.69) is 16.8 Å². The van der Waals surface area contributed by atoms with Crippen LogP contribution >= 0.6 is 0 Å². The maximum absolute atomic E-state index is 13.1. The molecule has 160 valence electrons. The van der Waals surface area contributed by atoms with Crippen molar-refractivity contribution in [3.8, 4) is 0 Å². The average molecular weight is 409 g/mol. The average Bonchev–Trinajstić information content (AvgIpc) is 2.76. The van der Waals surface area contributed by atoms with Crippen LogP contribution in [0, 0.1) is 11.8 Å². The number of benzene rings is 1. The molecule has 0 N–H and O–H groups in total. The fourth-order valence-electron chi connectivity index (χ4n) is 6.22. The lowest BCUT2D eigenvalue weighted by atomic mass is 9.74. The highest BCUT2D eigenvalue weighted by molar-refractivity contribution is 5.79. The molecule has 1 aromatic carbocycles. The summed E-state index contributed by atoms with van der Waals surface area (Å²) in [4.78, 5) is 35.1. The number of rotatable bonds is 4. The molecule has 6 heteroatoms. The van der Waals surface area contributed by atoms with Crippen molar-refractivity contribution >= 4 is 16.8 Å². The zero-order valence-corrected chi connectivity index (χ0v) is 17.9. The fraction of sp³-hybridized carbons (Fsp3) is 0.625. The van der Waals surface area contributed by atoms with E-state index in [-0.39, 0.29) is 18.0 Å². The Labute approximate surface area is 177 Å². The monoisotopic (exact) mass is 408 g/mol. The molecule has 0 radical (unpaired) electrons. The predicted octanol–water partition coefficient (Wildman–Crippen LogP) is 2.90. The van der Waals surface area contributed by atoms with Crippen molar-refractivity contribution in [1.29, 1.82) is 0 Å². The SMILES string of the molecule is CCC[C@H]1CCC[C@H]2[C@@H]3C[C@@H](CN(C(=O)Cn4cnc5ccccc5c4=O)C3)CN12. The molecule has 4 heterocycles. The van der Waals surface area contributed by atoms with E-state index in [9.17, 15) is 9.59 Å². The highest BCUT2D eigenvalue weighted by Crippen LogP contribution is 2.40. The van der Waals surface area contributed by atoms with Crippen molar-refractivity contribution in [2.75, 3.05) is 19.6 Å². The smallest absolute Gasteiger partial charge is 0.261 e. The van der Waals surface area contributed by atoms with Gasteiger partial charge < -0.3 is 4.90 Å². The standard InChI is InChI=1S/C24H32N4O2/c1-2-6-19-7-5-10-22-18-11-17(13-28(19)22)12-26(14-18)23(29)15-27-16-25-21-9-4-3-8-20(21)24(27)30/h3-4,8-9,16-19,22H,2,5-7,10-15H2,1H3/t17-,18+,19-,22-/m0/s1. The van der Waals surface area contributed by atoms with Crippen molar-refractivity contribution < 1.29 is 4.79 Å². The Bertz CT molecular complexity index is 985. The number of para-hydroxylation sites is 1.